The maximum Gasteiger partial charge on any atom is 0.158 e. The lowest BCUT2D eigenvalue weighted by molar-refractivity contribution is 0.128. The van der Waals surface area contributed by atoms with Crippen LogP contribution >= 0.6 is 11.6 Å². The highest BCUT2D eigenvalue weighted by atomic mass is 35.5. The molecule has 0 spiro atoms. The lowest BCUT2D eigenvalue weighted by Gasteiger charge is -2.07. The predicted octanol–water partition coefficient (Wildman–Crippen LogP) is 3.27. The van der Waals surface area contributed by atoms with Gasteiger partial charge in [0.05, 0.1) is 0 Å². The number of aromatic nitrogens is 2. The Balaban J connectivity index is 2.50. The summed E-state index contributed by atoms with van der Waals surface area (Å²) in [6.07, 6.45) is 3.57. The van der Waals surface area contributed by atoms with E-state index >= 15 is 0 Å². The molecular weight excluding hydrogens is 238 g/mol. The van der Waals surface area contributed by atoms with Gasteiger partial charge in [-0.15, -0.1) is 0 Å². The smallest absolute Gasteiger partial charge is 0.158 e. The molecule has 0 aliphatic heterocycles. The van der Waals surface area contributed by atoms with E-state index in [-0.39, 0.29) is 0 Å². The van der Waals surface area contributed by atoms with Crippen molar-refractivity contribution in [3.05, 3.63) is 17.0 Å². The fourth-order valence-electron chi connectivity index (χ4n) is 1.40. The van der Waals surface area contributed by atoms with Crippen LogP contribution in [-0.2, 0) is 11.3 Å². The molecule has 1 heterocycles. The third-order valence-corrected chi connectivity index (χ3v) is 2.46. The monoisotopic (exact) mass is 257 g/mol. The predicted molar refractivity (Wildman–Crippen MR) is 70.4 cm³/mol. The summed E-state index contributed by atoms with van der Waals surface area (Å²) in [6, 6.07) is 1.74. The zero-order valence-electron chi connectivity index (χ0n) is 10.5. The number of nitrogens with zero attached hydrogens (tertiary/aromatic N) is 2. The fraction of sp³-hybridized carbons (Fsp3) is 0.667. The molecular formula is C12H20ClN3O. The van der Waals surface area contributed by atoms with Crippen LogP contribution in [0.4, 0.5) is 5.82 Å². The van der Waals surface area contributed by atoms with Crippen LogP contribution in [0.2, 0.25) is 5.15 Å². The quantitative estimate of drug-likeness (QED) is 0.574. The Morgan fingerprint density at radius 2 is 2.12 bits per heavy atom. The molecule has 17 heavy (non-hydrogen) atoms. The van der Waals surface area contributed by atoms with E-state index in [0.29, 0.717) is 24.2 Å². The van der Waals surface area contributed by atoms with E-state index in [1.54, 1.807) is 6.07 Å². The van der Waals surface area contributed by atoms with Crippen LogP contribution in [0, 0.1) is 0 Å². The summed E-state index contributed by atoms with van der Waals surface area (Å²) < 4.78 is 5.26. The summed E-state index contributed by atoms with van der Waals surface area (Å²) in [7, 11) is 0. The number of rotatable bonds is 8. The number of hydrogen-bond donors (Lipinski definition) is 1. The molecule has 0 saturated heterocycles. The van der Waals surface area contributed by atoms with Crippen LogP contribution < -0.4 is 5.32 Å². The minimum Gasteiger partial charge on any atom is -0.374 e. The van der Waals surface area contributed by atoms with E-state index in [4.69, 9.17) is 16.3 Å². The van der Waals surface area contributed by atoms with Gasteiger partial charge in [-0.05, 0) is 13.3 Å². The second-order valence-corrected chi connectivity index (χ2v) is 4.15. The first-order valence-corrected chi connectivity index (χ1v) is 6.49. The molecule has 0 amide bonds. The summed E-state index contributed by atoms with van der Waals surface area (Å²) in [5.41, 5.74) is 0. The van der Waals surface area contributed by atoms with Crippen LogP contribution in [0.3, 0.4) is 0 Å². The van der Waals surface area contributed by atoms with Gasteiger partial charge in [-0.25, -0.2) is 9.97 Å². The highest BCUT2D eigenvalue weighted by Gasteiger charge is 2.02. The Labute approximate surface area is 108 Å². The molecule has 1 rings (SSSR count). The van der Waals surface area contributed by atoms with Crippen molar-refractivity contribution in [2.75, 3.05) is 18.5 Å². The first-order valence-electron chi connectivity index (χ1n) is 6.11. The van der Waals surface area contributed by atoms with Gasteiger partial charge in [-0.3, -0.25) is 0 Å². The van der Waals surface area contributed by atoms with E-state index in [9.17, 15) is 0 Å². The topological polar surface area (TPSA) is 47.0 Å². The van der Waals surface area contributed by atoms with Crippen LogP contribution in [0.5, 0.6) is 0 Å². The summed E-state index contributed by atoms with van der Waals surface area (Å²) in [4.78, 5) is 8.44. The van der Waals surface area contributed by atoms with Crippen LogP contribution in [-0.4, -0.2) is 23.1 Å². The molecule has 0 atom stereocenters. The average molecular weight is 258 g/mol. The van der Waals surface area contributed by atoms with Gasteiger partial charge in [0.25, 0.3) is 0 Å². The average Bonchev–Trinajstić information content (AvgIpc) is 2.31. The summed E-state index contributed by atoms with van der Waals surface area (Å²) in [5, 5.41) is 3.70. The number of anilines is 1. The van der Waals surface area contributed by atoms with Crippen LogP contribution in [0.1, 0.15) is 38.9 Å². The van der Waals surface area contributed by atoms with E-state index in [1.807, 2.05) is 6.92 Å². The lowest BCUT2D eigenvalue weighted by atomic mass is 10.2. The Morgan fingerprint density at radius 3 is 2.82 bits per heavy atom. The molecule has 4 nitrogen and oxygen atoms in total. The molecule has 96 valence electrons. The van der Waals surface area contributed by atoms with Gasteiger partial charge in [0.15, 0.2) is 5.82 Å². The van der Waals surface area contributed by atoms with Gasteiger partial charge < -0.3 is 10.1 Å². The Bertz CT molecular complexity index is 334. The van der Waals surface area contributed by atoms with Crippen molar-refractivity contribution in [3.8, 4) is 0 Å². The normalized spacial score (nSPS) is 10.5. The highest BCUT2D eigenvalue weighted by Crippen LogP contribution is 2.12. The zero-order valence-corrected chi connectivity index (χ0v) is 11.3. The third-order valence-electron chi connectivity index (χ3n) is 2.26. The summed E-state index contributed by atoms with van der Waals surface area (Å²) in [6.45, 7) is 6.08. The number of nitrogens with one attached hydrogen (secondary N) is 1. The first-order chi connectivity index (χ1) is 8.26. The van der Waals surface area contributed by atoms with Crippen molar-refractivity contribution in [1.82, 2.24) is 9.97 Å². The second-order valence-electron chi connectivity index (χ2n) is 3.76. The number of unbranched alkanes of at least 4 members (excludes halogenated alkanes) is 2. The summed E-state index contributed by atoms with van der Waals surface area (Å²) >= 11 is 5.92. The maximum absolute atomic E-state index is 5.92. The van der Waals surface area contributed by atoms with Crippen LogP contribution in [0.25, 0.3) is 0 Å². The lowest BCUT2D eigenvalue weighted by Crippen LogP contribution is -2.07. The Kier molecular flexibility index (Phi) is 6.89. The molecule has 1 aromatic rings. The van der Waals surface area contributed by atoms with E-state index in [1.165, 1.54) is 12.8 Å². The van der Waals surface area contributed by atoms with Gasteiger partial charge in [-0.2, -0.15) is 0 Å². The highest BCUT2D eigenvalue weighted by molar-refractivity contribution is 6.29. The largest absolute Gasteiger partial charge is 0.374 e. The molecule has 0 aliphatic rings. The molecule has 1 aromatic heterocycles. The number of hydrogen-bond acceptors (Lipinski definition) is 4. The van der Waals surface area contributed by atoms with Gasteiger partial charge >= 0.3 is 0 Å². The van der Waals surface area contributed by atoms with E-state index < -0.39 is 0 Å². The van der Waals surface area contributed by atoms with E-state index in [0.717, 1.165) is 18.8 Å². The van der Waals surface area contributed by atoms with Crippen molar-refractivity contribution in [1.29, 1.82) is 0 Å². The molecule has 1 N–H and O–H groups in total. The van der Waals surface area contributed by atoms with E-state index in [2.05, 4.69) is 22.2 Å². The molecule has 0 bridgehead atoms. The number of halogens is 1. The Hall–Kier alpha value is -0.870. The minimum atomic E-state index is 0.403. The third kappa shape index (κ3) is 5.84. The van der Waals surface area contributed by atoms with Gasteiger partial charge in [-0.1, -0.05) is 31.4 Å². The molecule has 0 fully saturated rings. The minimum absolute atomic E-state index is 0.403. The maximum atomic E-state index is 5.92. The number of ether oxygens (including phenoxy) is 1. The standard InChI is InChI=1S/C12H20ClN3O/c1-3-5-6-7-14-11-8-10(13)15-12(16-11)9-17-4-2/h8H,3-7,9H2,1-2H3,(H,14,15,16). The first kappa shape index (κ1) is 14.2. The van der Waals surface area contributed by atoms with Crippen molar-refractivity contribution < 1.29 is 4.74 Å². The van der Waals surface area contributed by atoms with Crippen molar-refractivity contribution in [2.24, 2.45) is 0 Å². The Morgan fingerprint density at radius 1 is 1.29 bits per heavy atom. The fourth-order valence-corrected chi connectivity index (χ4v) is 1.61. The van der Waals surface area contributed by atoms with Crippen molar-refractivity contribution >= 4 is 17.4 Å². The van der Waals surface area contributed by atoms with Gasteiger partial charge in [0.2, 0.25) is 0 Å². The van der Waals surface area contributed by atoms with Crippen LogP contribution in [0.15, 0.2) is 6.07 Å². The van der Waals surface area contributed by atoms with Crippen molar-refractivity contribution in [2.45, 2.75) is 39.7 Å². The second kappa shape index (κ2) is 8.25. The SMILES string of the molecule is CCCCCNc1cc(Cl)nc(COCC)n1. The zero-order chi connectivity index (χ0) is 12.5. The van der Waals surface area contributed by atoms with Crippen molar-refractivity contribution in [3.63, 3.8) is 0 Å². The van der Waals surface area contributed by atoms with Gasteiger partial charge in [0.1, 0.15) is 17.6 Å². The summed E-state index contributed by atoms with van der Waals surface area (Å²) in [5.74, 6) is 1.40. The molecule has 0 aromatic carbocycles. The molecule has 0 aliphatic carbocycles. The molecule has 0 radical (unpaired) electrons. The molecule has 0 saturated carbocycles. The molecule has 5 heteroatoms. The molecule has 0 unspecified atom stereocenters. The van der Waals surface area contributed by atoms with Gasteiger partial charge in [0, 0.05) is 19.2 Å².